The summed E-state index contributed by atoms with van der Waals surface area (Å²) in [7, 11) is -3.52. The Hall–Kier alpha value is -0.620. The van der Waals surface area contributed by atoms with Crippen molar-refractivity contribution in [2.75, 3.05) is 0 Å². The van der Waals surface area contributed by atoms with Crippen LogP contribution in [-0.2, 0) is 16.6 Å². The van der Waals surface area contributed by atoms with Gasteiger partial charge in [0.25, 0.3) is 0 Å². The first-order valence-electron chi connectivity index (χ1n) is 6.45. The summed E-state index contributed by atoms with van der Waals surface area (Å²) < 4.78 is 27.6. The lowest BCUT2D eigenvalue weighted by molar-refractivity contribution is 0.551. The molecule has 2 rings (SSSR count). The highest BCUT2D eigenvalue weighted by molar-refractivity contribution is 7.89. The van der Waals surface area contributed by atoms with Gasteiger partial charge in [0.15, 0.2) is 0 Å². The maximum absolute atomic E-state index is 12.4. The van der Waals surface area contributed by atoms with Gasteiger partial charge in [-0.1, -0.05) is 24.4 Å². The molecule has 0 bridgehead atoms. The summed E-state index contributed by atoms with van der Waals surface area (Å²) >= 11 is 5.98. The Kier molecular flexibility index (Phi) is 4.50. The molecule has 0 heterocycles. The van der Waals surface area contributed by atoms with Gasteiger partial charge in [0.1, 0.15) is 0 Å². The minimum Gasteiger partial charge on any atom is -0.326 e. The summed E-state index contributed by atoms with van der Waals surface area (Å²) in [5, 5.41) is 0.401. The van der Waals surface area contributed by atoms with E-state index in [0.717, 1.165) is 31.2 Å². The first-order valence-corrected chi connectivity index (χ1v) is 8.31. The number of hydrogen-bond acceptors (Lipinski definition) is 3. The number of rotatable bonds is 4. The summed E-state index contributed by atoms with van der Waals surface area (Å²) in [5.74, 6) is 0. The van der Waals surface area contributed by atoms with Crippen molar-refractivity contribution in [3.8, 4) is 0 Å². The molecule has 0 aromatic heterocycles. The lowest BCUT2D eigenvalue weighted by Gasteiger charge is -2.16. The Labute approximate surface area is 119 Å². The highest BCUT2D eigenvalue weighted by Crippen LogP contribution is 2.26. The summed E-state index contributed by atoms with van der Waals surface area (Å²) in [6, 6.07) is 3.25. The highest BCUT2D eigenvalue weighted by atomic mass is 35.5. The topological polar surface area (TPSA) is 72.2 Å². The van der Waals surface area contributed by atoms with Crippen molar-refractivity contribution in [2.45, 2.75) is 50.1 Å². The molecule has 1 fully saturated rings. The smallest absolute Gasteiger partial charge is 0.241 e. The molecular weight excluding hydrogens is 284 g/mol. The van der Waals surface area contributed by atoms with E-state index in [1.54, 1.807) is 13.0 Å². The number of nitrogens with two attached hydrogens (primary N) is 1. The van der Waals surface area contributed by atoms with Gasteiger partial charge in [0.2, 0.25) is 10.0 Å². The highest BCUT2D eigenvalue weighted by Gasteiger charge is 2.25. The van der Waals surface area contributed by atoms with Crippen LogP contribution in [0, 0.1) is 6.92 Å². The van der Waals surface area contributed by atoms with Gasteiger partial charge in [-0.25, -0.2) is 13.1 Å². The lowest BCUT2D eigenvalue weighted by Crippen LogP contribution is -2.33. The van der Waals surface area contributed by atoms with Crippen LogP contribution < -0.4 is 10.5 Å². The second-order valence-corrected chi connectivity index (χ2v) is 7.11. The van der Waals surface area contributed by atoms with Crippen molar-refractivity contribution in [1.82, 2.24) is 4.72 Å². The van der Waals surface area contributed by atoms with E-state index >= 15 is 0 Å². The van der Waals surface area contributed by atoms with Crippen molar-refractivity contribution in [3.05, 3.63) is 28.3 Å². The number of nitrogens with one attached hydrogen (secondary N) is 1. The Morgan fingerprint density at radius 2 is 2.00 bits per heavy atom. The van der Waals surface area contributed by atoms with E-state index in [-0.39, 0.29) is 17.5 Å². The van der Waals surface area contributed by atoms with Gasteiger partial charge < -0.3 is 5.73 Å². The zero-order chi connectivity index (χ0) is 14.0. The molecule has 6 heteroatoms. The van der Waals surface area contributed by atoms with Crippen LogP contribution in [0.25, 0.3) is 0 Å². The van der Waals surface area contributed by atoms with Crippen molar-refractivity contribution in [2.24, 2.45) is 5.73 Å². The van der Waals surface area contributed by atoms with Crippen LogP contribution in [0.1, 0.15) is 36.8 Å². The fourth-order valence-corrected chi connectivity index (χ4v) is 4.45. The predicted molar refractivity (Wildman–Crippen MR) is 76.7 cm³/mol. The quantitative estimate of drug-likeness (QED) is 0.896. The molecule has 3 N–H and O–H groups in total. The SMILES string of the molecule is Cc1c(CN)cc(Cl)cc1S(=O)(=O)NC1CCCC1. The standard InChI is InChI=1S/C13H19ClN2O2S/c1-9-10(8-15)6-11(14)7-13(9)19(17,18)16-12-4-2-3-5-12/h6-7,12,16H,2-5,8,15H2,1H3. The third kappa shape index (κ3) is 3.28. The Bertz CT molecular complexity index is 566. The molecule has 4 nitrogen and oxygen atoms in total. The van der Waals surface area contributed by atoms with Crippen LogP contribution in [0.4, 0.5) is 0 Å². The van der Waals surface area contributed by atoms with Crippen LogP contribution in [0.3, 0.4) is 0 Å². The largest absolute Gasteiger partial charge is 0.326 e. The molecule has 0 spiro atoms. The first kappa shape index (κ1) is 14.8. The third-order valence-electron chi connectivity index (χ3n) is 3.62. The Morgan fingerprint density at radius 1 is 1.37 bits per heavy atom. The molecule has 19 heavy (non-hydrogen) atoms. The molecular formula is C13H19ClN2O2S. The number of benzene rings is 1. The van der Waals surface area contributed by atoms with Crippen molar-refractivity contribution >= 4 is 21.6 Å². The summed E-state index contributed by atoms with van der Waals surface area (Å²) in [4.78, 5) is 0.243. The summed E-state index contributed by atoms with van der Waals surface area (Å²) in [6.45, 7) is 2.04. The molecule has 1 saturated carbocycles. The molecule has 106 valence electrons. The van der Waals surface area contributed by atoms with Crippen molar-refractivity contribution in [1.29, 1.82) is 0 Å². The van der Waals surface area contributed by atoms with E-state index in [0.29, 0.717) is 10.6 Å². The second-order valence-electron chi connectivity index (χ2n) is 4.99. The van der Waals surface area contributed by atoms with Crippen molar-refractivity contribution < 1.29 is 8.42 Å². The zero-order valence-electron chi connectivity index (χ0n) is 10.9. The summed E-state index contributed by atoms with van der Waals surface area (Å²) in [6.07, 6.45) is 3.97. The lowest BCUT2D eigenvalue weighted by atomic mass is 10.1. The van der Waals surface area contributed by atoms with Gasteiger partial charge >= 0.3 is 0 Å². The molecule has 0 aliphatic heterocycles. The third-order valence-corrected chi connectivity index (χ3v) is 5.48. The van der Waals surface area contributed by atoms with Gasteiger partial charge in [-0.15, -0.1) is 0 Å². The maximum atomic E-state index is 12.4. The van der Waals surface area contributed by atoms with E-state index in [1.807, 2.05) is 0 Å². The average Bonchev–Trinajstić information content (AvgIpc) is 2.83. The normalized spacial score (nSPS) is 17.0. The van der Waals surface area contributed by atoms with E-state index in [9.17, 15) is 8.42 Å². The van der Waals surface area contributed by atoms with Gasteiger partial charge in [-0.05, 0) is 43.0 Å². The number of hydrogen-bond donors (Lipinski definition) is 2. The Morgan fingerprint density at radius 3 is 2.58 bits per heavy atom. The van der Waals surface area contributed by atoms with Crippen LogP contribution in [-0.4, -0.2) is 14.5 Å². The van der Waals surface area contributed by atoms with Crippen LogP contribution in [0.5, 0.6) is 0 Å². The maximum Gasteiger partial charge on any atom is 0.241 e. The molecule has 1 aliphatic rings. The Balaban J connectivity index is 2.36. The van der Waals surface area contributed by atoms with E-state index in [1.165, 1.54) is 6.07 Å². The fraction of sp³-hybridized carbons (Fsp3) is 0.538. The average molecular weight is 303 g/mol. The van der Waals surface area contributed by atoms with Gasteiger partial charge in [-0.2, -0.15) is 0 Å². The van der Waals surface area contributed by atoms with Crippen LogP contribution in [0.15, 0.2) is 17.0 Å². The van der Waals surface area contributed by atoms with Gasteiger partial charge in [0, 0.05) is 17.6 Å². The van der Waals surface area contributed by atoms with Crippen LogP contribution >= 0.6 is 11.6 Å². The molecule has 1 aromatic rings. The van der Waals surface area contributed by atoms with Gasteiger partial charge in [-0.3, -0.25) is 0 Å². The van der Waals surface area contributed by atoms with Gasteiger partial charge in [0.05, 0.1) is 4.90 Å². The van der Waals surface area contributed by atoms with E-state index in [2.05, 4.69) is 4.72 Å². The number of halogens is 1. The number of sulfonamides is 1. The molecule has 1 aliphatic carbocycles. The first-order chi connectivity index (χ1) is 8.94. The zero-order valence-corrected chi connectivity index (χ0v) is 12.5. The second kappa shape index (κ2) is 5.79. The molecule has 0 unspecified atom stereocenters. The van der Waals surface area contributed by atoms with E-state index < -0.39 is 10.0 Å². The molecule has 0 amide bonds. The van der Waals surface area contributed by atoms with Crippen molar-refractivity contribution in [3.63, 3.8) is 0 Å². The van der Waals surface area contributed by atoms with Crippen LogP contribution in [0.2, 0.25) is 5.02 Å². The van der Waals surface area contributed by atoms with E-state index in [4.69, 9.17) is 17.3 Å². The monoisotopic (exact) mass is 302 g/mol. The fourth-order valence-electron chi connectivity index (χ4n) is 2.53. The molecule has 1 aromatic carbocycles. The minimum atomic E-state index is -3.52. The summed E-state index contributed by atoms with van der Waals surface area (Å²) in [5.41, 5.74) is 7.06. The molecule has 0 atom stereocenters. The molecule has 0 saturated heterocycles. The predicted octanol–water partition coefficient (Wildman–Crippen LogP) is 2.33. The minimum absolute atomic E-state index is 0.0460. The molecule has 0 radical (unpaired) electrons.